The minimum Gasteiger partial charge on any atom is -0.481 e. The van der Waals surface area contributed by atoms with Crippen molar-refractivity contribution >= 4 is 5.97 Å². The second kappa shape index (κ2) is 3.38. The van der Waals surface area contributed by atoms with E-state index in [4.69, 9.17) is 10.2 Å². The van der Waals surface area contributed by atoms with Gasteiger partial charge in [0.2, 0.25) is 0 Å². The SMILES string of the molecule is O=C(O)C1C(O)CC(O)CC1O. The molecule has 0 aromatic heterocycles. The first-order valence-electron chi connectivity index (χ1n) is 3.79. The largest absolute Gasteiger partial charge is 0.481 e. The zero-order valence-electron chi connectivity index (χ0n) is 6.42. The first-order chi connectivity index (χ1) is 5.52. The standard InChI is InChI=1S/C7H12O5/c8-3-1-4(9)6(7(11)12)5(10)2-3/h3-6,8-10H,1-2H2,(H,11,12). The van der Waals surface area contributed by atoms with Crippen LogP contribution in [0.25, 0.3) is 0 Å². The first-order valence-corrected chi connectivity index (χ1v) is 3.79. The van der Waals surface area contributed by atoms with Crippen LogP contribution in [-0.2, 0) is 4.79 Å². The Labute approximate surface area is 69.3 Å². The maximum Gasteiger partial charge on any atom is 0.311 e. The molecule has 70 valence electrons. The molecule has 0 aromatic carbocycles. The van der Waals surface area contributed by atoms with Gasteiger partial charge in [-0.05, 0) is 0 Å². The molecule has 0 aliphatic heterocycles. The fourth-order valence-electron chi connectivity index (χ4n) is 1.53. The summed E-state index contributed by atoms with van der Waals surface area (Å²) in [6, 6.07) is 0. The zero-order valence-corrected chi connectivity index (χ0v) is 6.42. The van der Waals surface area contributed by atoms with Gasteiger partial charge < -0.3 is 20.4 Å². The van der Waals surface area contributed by atoms with Gasteiger partial charge in [0.05, 0.1) is 18.3 Å². The summed E-state index contributed by atoms with van der Waals surface area (Å²) < 4.78 is 0. The van der Waals surface area contributed by atoms with Crippen LogP contribution in [0.15, 0.2) is 0 Å². The third-order valence-corrected chi connectivity index (χ3v) is 2.14. The molecule has 0 spiro atoms. The Morgan fingerprint density at radius 2 is 1.50 bits per heavy atom. The van der Waals surface area contributed by atoms with Crippen molar-refractivity contribution < 1.29 is 25.2 Å². The molecule has 0 bridgehead atoms. The highest BCUT2D eigenvalue weighted by Crippen LogP contribution is 2.25. The molecule has 0 saturated heterocycles. The van der Waals surface area contributed by atoms with E-state index in [0.717, 1.165) is 0 Å². The first kappa shape index (κ1) is 9.44. The van der Waals surface area contributed by atoms with Gasteiger partial charge in [-0.3, -0.25) is 4.79 Å². The van der Waals surface area contributed by atoms with Gasteiger partial charge in [-0.2, -0.15) is 0 Å². The predicted octanol–water partition coefficient (Wildman–Crippen LogP) is -1.44. The Hall–Kier alpha value is -0.650. The number of aliphatic hydroxyl groups is 3. The van der Waals surface area contributed by atoms with Crippen molar-refractivity contribution in [2.24, 2.45) is 5.92 Å². The lowest BCUT2D eigenvalue weighted by Crippen LogP contribution is -2.46. The van der Waals surface area contributed by atoms with Crippen molar-refractivity contribution in [2.75, 3.05) is 0 Å². The van der Waals surface area contributed by atoms with Gasteiger partial charge >= 0.3 is 5.97 Å². The van der Waals surface area contributed by atoms with Crippen LogP contribution >= 0.6 is 0 Å². The highest BCUT2D eigenvalue weighted by molar-refractivity contribution is 5.71. The van der Waals surface area contributed by atoms with E-state index in [1.165, 1.54) is 0 Å². The molecule has 1 fully saturated rings. The molecule has 0 heterocycles. The van der Waals surface area contributed by atoms with Crippen LogP contribution in [0.4, 0.5) is 0 Å². The minimum atomic E-state index is -1.22. The van der Waals surface area contributed by atoms with Crippen molar-refractivity contribution in [1.29, 1.82) is 0 Å². The average molecular weight is 176 g/mol. The highest BCUT2D eigenvalue weighted by Gasteiger charge is 2.39. The fraction of sp³-hybridized carbons (Fsp3) is 0.857. The van der Waals surface area contributed by atoms with E-state index in [1.54, 1.807) is 0 Å². The van der Waals surface area contributed by atoms with Crippen LogP contribution in [0.5, 0.6) is 0 Å². The van der Waals surface area contributed by atoms with Gasteiger partial charge in [-0.15, -0.1) is 0 Å². The summed E-state index contributed by atoms with van der Waals surface area (Å²) in [6.45, 7) is 0. The number of carboxylic acid groups (broad SMARTS) is 1. The molecule has 0 radical (unpaired) electrons. The summed E-state index contributed by atoms with van der Waals surface area (Å²) in [5.41, 5.74) is 0. The molecular formula is C7H12O5. The van der Waals surface area contributed by atoms with E-state index in [0.29, 0.717) is 0 Å². The van der Waals surface area contributed by atoms with Gasteiger partial charge in [-0.1, -0.05) is 0 Å². The number of carbonyl (C=O) groups is 1. The number of hydrogen-bond donors (Lipinski definition) is 4. The number of aliphatic hydroxyl groups excluding tert-OH is 3. The zero-order chi connectivity index (χ0) is 9.30. The summed E-state index contributed by atoms with van der Waals surface area (Å²) in [5, 5.41) is 36.0. The van der Waals surface area contributed by atoms with E-state index in [1.807, 2.05) is 0 Å². The molecule has 5 nitrogen and oxygen atoms in total. The normalized spacial score (nSPS) is 42.6. The number of hydrogen-bond acceptors (Lipinski definition) is 4. The van der Waals surface area contributed by atoms with Crippen molar-refractivity contribution in [3.8, 4) is 0 Å². The molecule has 2 unspecified atom stereocenters. The maximum atomic E-state index is 10.5. The lowest BCUT2D eigenvalue weighted by atomic mass is 9.82. The summed E-state index contributed by atoms with van der Waals surface area (Å²) >= 11 is 0. The molecular weight excluding hydrogens is 164 g/mol. The fourth-order valence-corrected chi connectivity index (χ4v) is 1.53. The third-order valence-electron chi connectivity index (χ3n) is 2.14. The summed E-state index contributed by atoms with van der Waals surface area (Å²) in [7, 11) is 0. The van der Waals surface area contributed by atoms with Gasteiger partial charge in [0.25, 0.3) is 0 Å². The smallest absolute Gasteiger partial charge is 0.311 e. The van der Waals surface area contributed by atoms with E-state index < -0.39 is 30.2 Å². The molecule has 1 rings (SSSR count). The second-order valence-electron chi connectivity index (χ2n) is 3.12. The Balaban J connectivity index is 2.66. The van der Waals surface area contributed by atoms with Crippen molar-refractivity contribution in [3.05, 3.63) is 0 Å². The summed E-state index contributed by atoms with van der Waals surface area (Å²) in [6.07, 6.45) is -3.06. The lowest BCUT2D eigenvalue weighted by Gasteiger charge is -2.32. The molecule has 0 aromatic rings. The molecule has 4 N–H and O–H groups in total. The van der Waals surface area contributed by atoms with Gasteiger partial charge in [0.15, 0.2) is 0 Å². The van der Waals surface area contributed by atoms with Crippen LogP contribution in [0, 0.1) is 5.92 Å². The molecule has 12 heavy (non-hydrogen) atoms. The highest BCUT2D eigenvalue weighted by atomic mass is 16.4. The van der Waals surface area contributed by atoms with Crippen LogP contribution in [-0.4, -0.2) is 44.7 Å². The quantitative estimate of drug-likeness (QED) is 0.392. The minimum absolute atomic E-state index is 0.0219. The predicted molar refractivity (Wildman–Crippen MR) is 38.4 cm³/mol. The Kier molecular flexibility index (Phi) is 2.66. The van der Waals surface area contributed by atoms with Gasteiger partial charge in [0, 0.05) is 12.8 Å². The van der Waals surface area contributed by atoms with Crippen molar-refractivity contribution in [1.82, 2.24) is 0 Å². The monoisotopic (exact) mass is 176 g/mol. The topological polar surface area (TPSA) is 98.0 Å². The molecule has 1 aliphatic rings. The van der Waals surface area contributed by atoms with Crippen LogP contribution < -0.4 is 0 Å². The number of aliphatic carboxylic acids is 1. The molecule has 5 heteroatoms. The lowest BCUT2D eigenvalue weighted by molar-refractivity contribution is -0.158. The Morgan fingerprint density at radius 3 is 1.83 bits per heavy atom. The second-order valence-corrected chi connectivity index (χ2v) is 3.12. The van der Waals surface area contributed by atoms with Crippen LogP contribution in [0.2, 0.25) is 0 Å². The molecule has 1 aliphatic carbocycles. The average Bonchev–Trinajstić information content (AvgIpc) is 1.82. The van der Waals surface area contributed by atoms with Gasteiger partial charge in [-0.25, -0.2) is 0 Å². The number of rotatable bonds is 1. The summed E-state index contributed by atoms with van der Waals surface area (Å²) in [4.78, 5) is 10.5. The van der Waals surface area contributed by atoms with Crippen molar-refractivity contribution in [2.45, 2.75) is 31.2 Å². The van der Waals surface area contributed by atoms with E-state index >= 15 is 0 Å². The summed E-state index contributed by atoms with van der Waals surface area (Å²) in [5.74, 6) is -2.38. The van der Waals surface area contributed by atoms with Crippen molar-refractivity contribution in [3.63, 3.8) is 0 Å². The Bertz CT molecular complexity index is 169. The van der Waals surface area contributed by atoms with E-state index in [2.05, 4.69) is 0 Å². The number of carboxylic acids is 1. The van der Waals surface area contributed by atoms with Gasteiger partial charge in [0.1, 0.15) is 5.92 Å². The Morgan fingerprint density at radius 1 is 1.08 bits per heavy atom. The third kappa shape index (κ3) is 1.74. The van der Waals surface area contributed by atoms with Crippen LogP contribution in [0.1, 0.15) is 12.8 Å². The van der Waals surface area contributed by atoms with Crippen LogP contribution in [0.3, 0.4) is 0 Å². The molecule has 1 saturated carbocycles. The maximum absolute atomic E-state index is 10.5. The van der Waals surface area contributed by atoms with E-state index in [-0.39, 0.29) is 12.8 Å². The van der Waals surface area contributed by atoms with E-state index in [9.17, 15) is 15.0 Å². The molecule has 2 atom stereocenters. The molecule has 0 amide bonds.